The lowest BCUT2D eigenvalue weighted by Gasteiger charge is -2.32. The molecule has 2 N–H and O–H groups in total. The second-order valence-corrected chi connectivity index (χ2v) is 5.66. The van der Waals surface area contributed by atoms with Crippen molar-refractivity contribution in [2.24, 2.45) is 0 Å². The van der Waals surface area contributed by atoms with E-state index >= 15 is 0 Å². The van der Waals surface area contributed by atoms with Gasteiger partial charge >= 0.3 is 0 Å². The van der Waals surface area contributed by atoms with Crippen LogP contribution in [0, 0.1) is 0 Å². The Labute approximate surface area is 118 Å². The number of anilines is 3. The van der Waals surface area contributed by atoms with Crippen molar-refractivity contribution in [1.82, 2.24) is 0 Å². The minimum atomic E-state index is -0.206. The number of hydrogen-bond acceptors (Lipinski definition) is 3. The molecule has 4 nitrogen and oxygen atoms in total. The third-order valence-electron chi connectivity index (χ3n) is 3.81. The summed E-state index contributed by atoms with van der Waals surface area (Å²) >= 11 is 6.36. The Hall–Kier alpha value is -1.42. The zero-order chi connectivity index (χ0) is 13.4. The van der Waals surface area contributed by atoms with E-state index in [1.807, 2.05) is 13.0 Å². The first-order valence-corrected chi connectivity index (χ1v) is 7.19. The van der Waals surface area contributed by atoms with Gasteiger partial charge in [0.1, 0.15) is 6.04 Å². The number of hydrogen-bond donors (Lipinski definition) is 2. The molecule has 1 aromatic carbocycles. The van der Waals surface area contributed by atoms with Gasteiger partial charge in [-0.05, 0) is 38.3 Å². The van der Waals surface area contributed by atoms with Gasteiger partial charge in [-0.15, -0.1) is 0 Å². The molecule has 1 fully saturated rings. The maximum absolute atomic E-state index is 11.6. The van der Waals surface area contributed by atoms with Gasteiger partial charge in [0.25, 0.3) is 0 Å². The fraction of sp³-hybridized carbons (Fsp3) is 0.500. The van der Waals surface area contributed by atoms with E-state index in [0.29, 0.717) is 5.02 Å². The summed E-state index contributed by atoms with van der Waals surface area (Å²) in [7, 11) is 0. The maximum Gasteiger partial charge on any atom is 0.246 e. The van der Waals surface area contributed by atoms with Gasteiger partial charge in [-0.25, -0.2) is 0 Å². The number of carbonyl (C=O) groups is 1. The van der Waals surface area contributed by atoms with Crippen LogP contribution in [0.3, 0.4) is 0 Å². The number of carbonyl (C=O) groups excluding carboxylic acids is 1. The summed E-state index contributed by atoms with van der Waals surface area (Å²) in [4.78, 5) is 14.0. The molecule has 0 unspecified atom stereocenters. The van der Waals surface area contributed by atoms with E-state index in [2.05, 4.69) is 21.6 Å². The summed E-state index contributed by atoms with van der Waals surface area (Å²) in [6.07, 6.45) is 3.73. The Morgan fingerprint density at radius 2 is 1.95 bits per heavy atom. The number of nitrogens with zero attached hydrogens (tertiary/aromatic N) is 1. The number of halogens is 1. The molecule has 1 aromatic rings. The predicted octanol–water partition coefficient (Wildman–Crippen LogP) is 3.08. The Bertz CT molecular complexity index is 512. The lowest BCUT2D eigenvalue weighted by atomic mass is 10.1. The highest BCUT2D eigenvalue weighted by atomic mass is 35.5. The van der Waals surface area contributed by atoms with Crippen molar-refractivity contribution in [3.05, 3.63) is 17.2 Å². The summed E-state index contributed by atoms with van der Waals surface area (Å²) in [5.41, 5.74) is 2.79. The van der Waals surface area contributed by atoms with E-state index < -0.39 is 0 Å². The lowest BCUT2D eigenvalue weighted by Crippen LogP contribution is -2.36. The smallest absolute Gasteiger partial charge is 0.246 e. The second kappa shape index (κ2) is 4.93. The van der Waals surface area contributed by atoms with Gasteiger partial charge in [-0.3, -0.25) is 4.79 Å². The van der Waals surface area contributed by atoms with Crippen molar-refractivity contribution < 1.29 is 4.79 Å². The molecule has 3 rings (SSSR count). The van der Waals surface area contributed by atoms with Crippen molar-refractivity contribution in [3.63, 3.8) is 0 Å². The molecule has 1 amide bonds. The highest BCUT2D eigenvalue weighted by molar-refractivity contribution is 6.34. The quantitative estimate of drug-likeness (QED) is 0.830. The van der Waals surface area contributed by atoms with Gasteiger partial charge in [0.15, 0.2) is 0 Å². The molecular weight excluding hydrogens is 262 g/mol. The number of benzene rings is 1. The SMILES string of the molecule is C[C@@H]1Nc2cc(N3CCCCC3)c(Cl)cc2NC1=O. The first kappa shape index (κ1) is 12.6. The molecule has 19 heavy (non-hydrogen) atoms. The topological polar surface area (TPSA) is 44.4 Å². The average molecular weight is 280 g/mol. The molecular formula is C14H18ClN3O. The van der Waals surface area contributed by atoms with Crippen LogP contribution < -0.4 is 15.5 Å². The fourth-order valence-electron chi connectivity index (χ4n) is 2.70. The largest absolute Gasteiger partial charge is 0.372 e. The fourth-order valence-corrected chi connectivity index (χ4v) is 2.98. The van der Waals surface area contributed by atoms with Gasteiger partial charge < -0.3 is 15.5 Å². The average Bonchev–Trinajstić information content (AvgIpc) is 2.41. The van der Waals surface area contributed by atoms with Crippen LogP contribution in [0.15, 0.2) is 12.1 Å². The molecule has 2 heterocycles. The van der Waals surface area contributed by atoms with Crippen molar-refractivity contribution in [2.75, 3.05) is 28.6 Å². The van der Waals surface area contributed by atoms with Crippen molar-refractivity contribution >= 4 is 34.6 Å². The zero-order valence-electron chi connectivity index (χ0n) is 11.0. The Morgan fingerprint density at radius 3 is 2.68 bits per heavy atom. The Morgan fingerprint density at radius 1 is 1.21 bits per heavy atom. The number of rotatable bonds is 1. The molecule has 2 aliphatic rings. The van der Waals surface area contributed by atoms with Crippen LogP contribution in [0.1, 0.15) is 26.2 Å². The van der Waals surface area contributed by atoms with E-state index in [1.165, 1.54) is 19.3 Å². The van der Waals surface area contributed by atoms with Crippen LogP contribution in [-0.2, 0) is 4.79 Å². The summed E-state index contributed by atoms with van der Waals surface area (Å²) in [6, 6.07) is 3.69. The molecule has 0 radical (unpaired) electrons. The van der Waals surface area contributed by atoms with Gasteiger partial charge in [0.05, 0.1) is 22.1 Å². The predicted molar refractivity (Wildman–Crippen MR) is 79.2 cm³/mol. The highest BCUT2D eigenvalue weighted by Crippen LogP contribution is 2.38. The second-order valence-electron chi connectivity index (χ2n) is 5.25. The van der Waals surface area contributed by atoms with Gasteiger partial charge in [-0.1, -0.05) is 11.6 Å². The summed E-state index contributed by atoms with van der Waals surface area (Å²) in [5, 5.41) is 6.80. The molecule has 0 saturated carbocycles. The number of piperidine rings is 1. The Balaban J connectivity index is 1.94. The number of fused-ring (bicyclic) bond motifs is 1. The normalized spacial score (nSPS) is 22.5. The molecule has 0 spiro atoms. The van der Waals surface area contributed by atoms with E-state index in [-0.39, 0.29) is 11.9 Å². The van der Waals surface area contributed by atoms with Gasteiger partial charge in [-0.2, -0.15) is 0 Å². The first-order valence-electron chi connectivity index (χ1n) is 6.81. The van der Waals surface area contributed by atoms with Crippen molar-refractivity contribution in [3.8, 4) is 0 Å². The molecule has 0 bridgehead atoms. The summed E-state index contributed by atoms with van der Waals surface area (Å²) < 4.78 is 0. The highest BCUT2D eigenvalue weighted by Gasteiger charge is 2.24. The molecule has 0 aromatic heterocycles. The van der Waals surface area contributed by atoms with Crippen LogP contribution in [0.25, 0.3) is 0 Å². The molecule has 2 aliphatic heterocycles. The Kier molecular flexibility index (Phi) is 3.27. The van der Waals surface area contributed by atoms with Crippen LogP contribution in [-0.4, -0.2) is 25.0 Å². The summed E-state index contributed by atoms with van der Waals surface area (Å²) in [6.45, 7) is 3.97. The first-order chi connectivity index (χ1) is 9.15. The molecule has 102 valence electrons. The summed E-state index contributed by atoms with van der Waals surface area (Å²) in [5.74, 6) is -0.0192. The van der Waals surface area contributed by atoms with E-state index in [9.17, 15) is 4.79 Å². The van der Waals surface area contributed by atoms with Crippen LogP contribution >= 0.6 is 11.6 Å². The monoisotopic (exact) mass is 279 g/mol. The van der Waals surface area contributed by atoms with E-state index in [4.69, 9.17) is 11.6 Å². The van der Waals surface area contributed by atoms with E-state index in [0.717, 1.165) is 30.2 Å². The molecule has 0 aliphatic carbocycles. The van der Waals surface area contributed by atoms with Crippen LogP contribution in [0.2, 0.25) is 5.02 Å². The minimum absolute atomic E-state index is 0.0192. The third kappa shape index (κ3) is 2.37. The van der Waals surface area contributed by atoms with Crippen LogP contribution in [0.5, 0.6) is 0 Å². The number of nitrogens with one attached hydrogen (secondary N) is 2. The molecule has 1 atom stereocenters. The van der Waals surface area contributed by atoms with Gasteiger partial charge in [0, 0.05) is 13.1 Å². The number of amides is 1. The third-order valence-corrected chi connectivity index (χ3v) is 4.11. The minimum Gasteiger partial charge on any atom is -0.372 e. The molecule has 5 heteroatoms. The van der Waals surface area contributed by atoms with E-state index in [1.54, 1.807) is 0 Å². The molecule has 1 saturated heterocycles. The lowest BCUT2D eigenvalue weighted by molar-refractivity contribution is -0.116. The zero-order valence-corrected chi connectivity index (χ0v) is 11.8. The van der Waals surface area contributed by atoms with Crippen molar-refractivity contribution in [1.29, 1.82) is 0 Å². The standard InChI is InChI=1S/C14H18ClN3O/c1-9-14(19)17-11-7-10(15)13(8-12(11)16-9)18-5-3-2-4-6-18/h7-9,16H,2-6H2,1H3,(H,17,19)/t9-/m0/s1. The maximum atomic E-state index is 11.6. The van der Waals surface area contributed by atoms with Crippen molar-refractivity contribution in [2.45, 2.75) is 32.2 Å². The van der Waals surface area contributed by atoms with Crippen LogP contribution in [0.4, 0.5) is 17.1 Å². The van der Waals surface area contributed by atoms with Gasteiger partial charge in [0.2, 0.25) is 5.91 Å².